The molecule has 18 heavy (non-hydrogen) atoms. The predicted octanol–water partition coefficient (Wildman–Crippen LogP) is 6.07. The minimum atomic E-state index is -0.159. The summed E-state index contributed by atoms with van der Waals surface area (Å²) in [5.41, 5.74) is 0. The zero-order valence-electron chi connectivity index (χ0n) is 11.3. The van der Waals surface area contributed by atoms with Gasteiger partial charge in [-0.05, 0) is 35.0 Å². The van der Waals surface area contributed by atoms with Gasteiger partial charge in [0.1, 0.15) is 0 Å². The molecule has 0 saturated carbocycles. The topological polar surface area (TPSA) is 0 Å². The molecule has 0 saturated heterocycles. The fourth-order valence-corrected chi connectivity index (χ4v) is 6.69. The van der Waals surface area contributed by atoms with Gasteiger partial charge in [-0.2, -0.15) is 10.9 Å². The Kier molecular flexibility index (Phi) is 5.46. The van der Waals surface area contributed by atoms with E-state index in [4.69, 9.17) is 0 Å². The number of thioether (sulfide) groups is 1. The Hall–Kier alpha value is -0.120. The van der Waals surface area contributed by atoms with Crippen LogP contribution in [0.4, 0.5) is 0 Å². The molecule has 0 aromatic carbocycles. The average molecular weight is 299 g/mol. The highest BCUT2D eigenvalue weighted by Crippen LogP contribution is 2.54. The standard InChI is InChI=1S/C15H22S3/c1-4-5-7-12(2)14-8-6-9-18(14)15-10-13(16-3)11-17-15/h6,8-12,18H,4-5,7H2,1-3H3. The quantitative estimate of drug-likeness (QED) is 0.491. The van der Waals surface area contributed by atoms with Crippen LogP contribution in [0.3, 0.4) is 0 Å². The van der Waals surface area contributed by atoms with E-state index in [9.17, 15) is 0 Å². The SMILES string of the molecule is CCCCC(C)C1=CC=C[SH]1c1cc(SC)cs1. The number of unbranched alkanes of at least 4 members (excludes halogenated alkanes) is 1. The van der Waals surface area contributed by atoms with Crippen molar-refractivity contribution in [1.82, 2.24) is 0 Å². The lowest BCUT2D eigenvalue weighted by atomic mass is 10.0. The van der Waals surface area contributed by atoms with Crippen molar-refractivity contribution in [2.75, 3.05) is 6.26 Å². The van der Waals surface area contributed by atoms with Gasteiger partial charge in [0.2, 0.25) is 0 Å². The van der Waals surface area contributed by atoms with Crippen molar-refractivity contribution >= 4 is 34.0 Å². The van der Waals surface area contributed by atoms with Crippen LogP contribution in [-0.2, 0) is 0 Å². The Labute approximate surface area is 122 Å². The van der Waals surface area contributed by atoms with Gasteiger partial charge in [-0.1, -0.05) is 38.8 Å². The van der Waals surface area contributed by atoms with E-state index in [-0.39, 0.29) is 10.9 Å². The van der Waals surface area contributed by atoms with Crippen molar-refractivity contribution in [2.45, 2.75) is 42.2 Å². The second-order valence-corrected chi connectivity index (χ2v) is 8.80. The molecule has 0 N–H and O–H groups in total. The minimum Gasteiger partial charge on any atom is -0.174 e. The molecule has 2 heterocycles. The summed E-state index contributed by atoms with van der Waals surface area (Å²) in [6.07, 6.45) is 10.8. The van der Waals surface area contributed by atoms with Crippen molar-refractivity contribution in [3.05, 3.63) is 33.9 Å². The van der Waals surface area contributed by atoms with Crippen LogP contribution >= 0.6 is 34.0 Å². The van der Waals surface area contributed by atoms with Gasteiger partial charge in [-0.15, -0.1) is 23.1 Å². The van der Waals surface area contributed by atoms with E-state index in [1.165, 1.54) is 24.2 Å². The highest BCUT2D eigenvalue weighted by molar-refractivity contribution is 8.24. The van der Waals surface area contributed by atoms with Crippen LogP contribution in [0.15, 0.2) is 43.0 Å². The fraction of sp³-hybridized carbons (Fsp3) is 0.467. The van der Waals surface area contributed by atoms with Crippen molar-refractivity contribution in [3.8, 4) is 0 Å². The monoisotopic (exact) mass is 298 g/mol. The molecule has 0 nitrogen and oxygen atoms in total. The number of thiol groups is 1. The molecule has 100 valence electrons. The van der Waals surface area contributed by atoms with Crippen LogP contribution in [0.5, 0.6) is 0 Å². The molecule has 0 amide bonds. The van der Waals surface area contributed by atoms with Crippen LogP contribution in [-0.4, -0.2) is 6.26 Å². The molecule has 0 radical (unpaired) electrons. The van der Waals surface area contributed by atoms with Gasteiger partial charge in [0.05, 0.1) is 0 Å². The number of hydrogen-bond donors (Lipinski definition) is 1. The van der Waals surface area contributed by atoms with Gasteiger partial charge < -0.3 is 0 Å². The van der Waals surface area contributed by atoms with Crippen molar-refractivity contribution in [2.24, 2.45) is 5.92 Å². The largest absolute Gasteiger partial charge is 0.174 e. The summed E-state index contributed by atoms with van der Waals surface area (Å²) >= 11 is 3.78. The van der Waals surface area contributed by atoms with Crippen LogP contribution < -0.4 is 0 Å². The lowest BCUT2D eigenvalue weighted by molar-refractivity contribution is 0.591. The third kappa shape index (κ3) is 3.25. The number of thiophene rings is 1. The lowest BCUT2D eigenvalue weighted by Crippen LogP contribution is -1.98. The Morgan fingerprint density at radius 3 is 2.94 bits per heavy atom. The van der Waals surface area contributed by atoms with E-state index in [2.05, 4.69) is 49.1 Å². The maximum atomic E-state index is 2.42. The molecule has 1 aromatic rings. The Balaban J connectivity index is 2.08. The molecule has 0 fully saturated rings. The maximum Gasteiger partial charge on any atom is 0.0487 e. The summed E-state index contributed by atoms with van der Waals surface area (Å²) in [6, 6.07) is 2.39. The lowest BCUT2D eigenvalue weighted by Gasteiger charge is -2.22. The first-order valence-electron chi connectivity index (χ1n) is 6.56. The van der Waals surface area contributed by atoms with E-state index in [0.717, 1.165) is 5.92 Å². The van der Waals surface area contributed by atoms with Gasteiger partial charge in [0, 0.05) is 14.5 Å². The van der Waals surface area contributed by atoms with Gasteiger partial charge in [0.25, 0.3) is 0 Å². The van der Waals surface area contributed by atoms with Crippen LogP contribution in [0.25, 0.3) is 0 Å². The second-order valence-electron chi connectivity index (χ2n) is 4.67. The highest BCUT2D eigenvalue weighted by Gasteiger charge is 2.19. The smallest absolute Gasteiger partial charge is 0.0487 e. The van der Waals surface area contributed by atoms with E-state index in [1.54, 1.807) is 9.11 Å². The molecule has 2 rings (SSSR count). The molecular weight excluding hydrogens is 276 g/mol. The third-order valence-corrected chi connectivity index (χ3v) is 8.02. The zero-order chi connectivity index (χ0) is 13.0. The molecule has 1 aliphatic heterocycles. The Morgan fingerprint density at radius 1 is 1.44 bits per heavy atom. The van der Waals surface area contributed by atoms with E-state index in [0.29, 0.717) is 0 Å². The number of allylic oxidation sites excluding steroid dienone is 3. The molecule has 0 aliphatic carbocycles. The van der Waals surface area contributed by atoms with Crippen molar-refractivity contribution in [3.63, 3.8) is 0 Å². The van der Waals surface area contributed by atoms with Crippen LogP contribution in [0, 0.1) is 5.92 Å². The van der Waals surface area contributed by atoms with E-state index >= 15 is 0 Å². The van der Waals surface area contributed by atoms with Crippen molar-refractivity contribution < 1.29 is 0 Å². The molecule has 0 bridgehead atoms. The summed E-state index contributed by atoms with van der Waals surface area (Å²) in [6.45, 7) is 4.67. The zero-order valence-corrected chi connectivity index (χ0v) is 13.9. The van der Waals surface area contributed by atoms with E-state index in [1.807, 2.05) is 23.1 Å². The summed E-state index contributed by atoms with van der Waals surface area (Å²) in [4.78, 5) is 3.09. The van der Waals surface area contributed by atoms with Crippen LogP contribution in [0.1, 0.15) is 33.1 Å². The Bertz CT molecular complexity index is 442. The summed E-state index contributed by atoms with van der Waals surface area (Å²) in [5, 5.41) is 4.71. The summed E-state index contributed by atoms with van der Waals surface area (Å²) < 4.78 is 1.57. The normalized spacial score (nSPS) is 22.2. The van der Waals surface area contributed by atoms with Crippen LogP contribution in [0.2, 0.25) is 0 Å². The molecule has 3 heteroatoms. The minimum absolute atomic E-state index is 0.159. The van der Waals surface area contributed by atoms with Gasteiger partial charge in [0.15, 0.2) is 0 Å². The first-order valence-corrected chi connectivity index (χ1v) is 10.1. The maximum absolute atomic E-state index is 2.42. The number of rotatable bonds is 6. The first kappa shape index (κ1) is 14.3. The third-order valence-electron chi connectivity index (χ3n) is 3.31. The molecule has 0 spiro atoms. The fourth-order valence-electron chi connectivity index (χ4n) is 2.20. The highest BCUT2D eigenvalue weighted by atomic mass is 32.2. The first-order chi connectivity index (χ1) is 8.76. The average Bonchev–Trinajstić information content (AvgIpc) is 3.03. The van der Waals surface area contributed by atoms with E-state index < -0.39 is 0 Å². The molecule has 1 aromatic heterocycles. The van der Waals surface area contributed by atoms with Gasteiger partial charge in [-0.3, -0.25) is 0 Å². The molecule has 1 aliphatic rings. The number of hydrogen-bond acceptors (Lipinski definition) is 2. The molecular formula is C15H22S3. The summed E-state index contributed by atoms with van der Waals surface area (Å²) in [5.74, 6) is 0.742. The van der Waals surface area contributed by atoms with Gasteiger partial charge in [-0.25, -0.2) is 0 Å². The second kappa shape index (κ2) is 6.88. The predicted molar refractivity (Wildman–Crippen MR) is 89.3 cm³/mol. The molecule has 2 unspecified atom stereocenters. The van der Waals surface area contributed by atoms with Gasteiger partial charge >= 0.3 is 0 Å². The van der Waals surface area contributed by atoms with Crippen molar-refractivity contribution in [1.29, 1.82) is 0 Å². The Morgan fingerprint density at radius 2 is 2.28 bits per heavy atom. The molecule has 2 atom stereocenters. The summed E-state index contributed by atoms with van der Waals surface area (Å²) in [7, 11) is -0.159.